The van der Waals surface area contributed by atoms with Crippen molar-refractivity contribution in [1.29, 1.82) is 0 Å². The number of hydrogen-bond donors (Lipinski definition) is 5. The number of aliphatic carboxylic acids is 1. The van der Waals surface area contributed by atoms with E-state index in [1.54, 1.807) is 0 Å². The monoisotopic (exact) mass is 458 g/mol. The third-order valence-electron chi connectivity index (χ3n) is 5.67. The molecule has 0 saturated carbocycles. The molecule has 32 heavy (non-hydrogen) atoms. The van der Waals surface area contributed by atoms with Crippen molar-refractivity contribution >= 4 is 13.1 Å². The van der Waals surface area contributed by atoms with E-state index in [2.05, 4.69) is 20.2 Å². The Hall–Kier alpha value is -1.44. The van der Waals surface area contributed by atoms with E-state index in [1.807, 2.05) is 0 Å². The standard InChI is InChI=1S/C19H39BN6O6/c21-19(18(27)28,5-1-2-7-20(29)30)6-12-26-10-3-17(4-11-26)23-8-13-31-15-16-32-14-9-24-25-22/h17,23,29-30H,1-16,21H2,(H,27,28). The van der Waals surface area contributed by atoms with Crippen LogP contribution in [0.15, 0.2) is 5.11 Å². The van der Waals surface area contributed by atoms with E-state index in [0.717, 1.165) is 32.5 Å². The van der Waals surface area contributed by atoms with E-state index >= 15 is 0 Å². The van der Waals surface area contributed by atoms with Crippen molar-refractivity contribution in [1.82, 2.24) is 10.2 Å². The van der Waals surface area contributed by atoms with Gasteiger partial charge < -0.3 is 40.6 Å². The van der Waals surface area contributed by atoms with Crippen molar-refractivity contribution < 1.29 is 29.4 Å². The summed E-state index contributed by atoms with van der Waals surface area (Å²) in [5.74, 6) is -1.00. The molecule has 1 fully saturated rings. The summed E-state index contributed by atoms with van der Waals surface area (Å²) in [6.45, 7) is 5.49. The van der Waals surface area contributed by atoms with Crippen LogP contribution in [-0.4, -0.2) is 104 Å². The lowest BCUT2D eigenvalue weighted by molar-refractivity contribution is -0.144. The highest BCUT2D eigenvalue weighted by Crippen LogP contribution is 2.20. The van der Waals surface area contributed by atoms with Gasteiger partial charge in [-0.3, -0.25) is 4.79 Å². The number of hydrogen-bond acceptors (Lipinski definition) is 9. The predicted molar refractivity (Wildman–Crippen MR) is 121 cm³/mol. The molecule has 1 aliphatic heterocycles. The predicted octanol–water partition coefficient (Wildman–Crippen LogP) is 0.199. The maximum atomic E-state index is 11.7. The normalized spacial score (nSPS) is 17.0. The van der Waals surface area contributed by atoms with Gasteiger partial charge in [-0.1, -0.05) is 18.0 Å². The molecular formula is C19H39BN6O6. The molecule has 0 aromatic carbocycles. The molecule has 1 saturated heterocycles. The molecule has 0 aromatic rings. The molecule has 0 spiro atoms. The minimum absolute atomic E-state index is 0.230. The third-order valence-corrected chi connectivity index (χ3v) is 5.67. The van der Waals surface area contributed by atoms with Gasteiger partial charge in [0.05, 0.1) is 26.4 Å². The second kappa shape index (κ2) is 17.1. The zero-order valence-electron chi connectivity index (χ0n) is 18.9. The van der Waals surface area contributed by atoms with Gasteiger partial charge in [-0.15, -0.1) is 0 Å². The Labute approximate surface area is 190 Å². The first-order chi connectivity index (χ1) is 15.4. The maximum absolute atomic E-state index is 11.7. The second-order valence-electron chi connectivity index (χ2n) is 8.19. The molecule has 13 heteroatoms. The minimum Gasteiger partial charge on any atom is -0.480 e. The van der Waals surface area contributed by atoms with Gasteiger partial charge in [0.15, 0.2) is 0 Å². The minimum atomic E-state index is -1.36. The van der Waals surface area contributed by atoms with E-state index in [0.29, 0.717) is 71.2 Å². The molecule has 1 heterocycles. The SMILES string of the molecule is [N-]=[N+]=NCCOCCOCCNC1CCN(CCC(N)(CCCCB(O)O)C(=O)O)CC1. The fourth-order valence-electron chi connectivity index (χ4n) is 3.63. The molecule has 1 aliphatic rings. The number of ether oxygens (including phenoxy) is 2. The van der Waals surface area contributed by atoms with Crippen LogP contribution in [0.4, 0.5) is 0 Å². The molecule has 0 bridgehead atoms. The quantitative estimate of drug-likeness (QED) is 0.0592. The van der Waals surface area contributed by atoms with Crippen molar-refractivity contribution in [2.75, 3.05) is 59.2 Å². The molecule has 0 amide bonds. The van der Waals surface area contributed by atoms with Gasteiger partial charge in [0.1, 0.15) is 5.54 Å². The Morgan fingerprint density at radius 1 is 1.19 bits per heavy atom. The molecule has 0 aliphatic carbocycles. The molecular weight excluding hydrogens is 419 g/mol. The molecule has 12 nitrogen and oxygen atoms in total. The summed E-state index contributed by atoms with van der Waals surface area (Å²) in [6.07, 6.45) is 4.00. The lowest BCUT2D eigenvalue weighted by Crippen LogP contribution is -2.51. The van der Waals surface area contributed by atoms with Gasteiger partial charge in [0, 0.05) is 30.6 Å². The molecule has 0 radical (unpaired) electrons. The Kier molecular flexibility index (Phi) is 15.3. The van der Waals surface area contributed by atoms with Crippen LogP contribution in [-0.2, 0) is 14.3 Å². The summed E-state index contributed by atoms with van der Waals surface area (Å²) in [5, 5.41) is 34.2. The van der Waals surface area contributed by atoms with Crippen LogP contribution in [0.3, 0.4) is 0 Å². The summed E-state index contributed by atoms with van der Waals surface area (Å²) in [7, 11) is -1.36. The third kappa shape index (κ3) is 13.2. The number of rotatable bonds is 19. The number of carbonyl (C=O) groups is 1. The fraction of sp³-hybridized carbons (Fsp3) is 0.947. The van der Waals surface area contributed by atoms with E-state index in [4.69, 9.17) is 30.8 Å². The van der Waals surface area contributed by atoms with Crippen molar-refractivity contribution in [3.63, 3.8) is 0 Å². The van der Waals surface area contributed by atoms with Crippen LogP contribution < -0.4 is 11.1 Å². The zero-order chi connectivity index (χ0) is 23.7. The van der Waals surface area contributed by atoms with Crippen molar-refractivity contribution in [3.05, 3.63) is 10.4 Å². The van der Waals surface area contributed by atoms with Crippen LogP contribution >= 0.6 is 0 Å². The number of likely N-dealkylation sites (tertiary alicyclic amines) is 1. The highest BCUT2D eigenvalue weighted by molar-refractivity contribution is 6.40. The van der Waals surface area contributed by atoms with Gasteiger partial charge in [0.2, 0.25) is 0 Å². The number of nitrogens with zero attached hydrogens (tertiary/aromatic N) is 4. The topological polar surface area (TPSA) is 186 Å². The van der Waals surface area contributed by atoms with Gasteiger partial charge in [-0.05, 0) is 50.6 Å². The first-order valence-electron chi connectivity index (χ1n) is 11.4. The van der Waals surface area contributed by atoms with Crippen LogP contribution in [0.2, 0.25) is 6.32 Å². The number of carboxylic acids is 1. The summed E-state index contributed by atoms with van der Waals surface area (Å²) < 4.78 is 10.8. The van der Waals surface area contributed by atoms with Crippen LogP contribution in [0.5, 0.6) is 0 Å². The lowest BCUT2D eigenvalue weighted by atomic mass is 9.81. The largest absolute Gasteiger partial charge is 0.480 e. The number of carboxylic acid groups (broad SMARTS) is 1. The smallest absolute Gasteiger partial charge is 0.451 e. The molecule has 6 N–H and O–H groups in total. The average molecular weight is 458 g/mol. The second-order valence-corrected chi connectivity index (χ2v) is 8.19. The molecule has 184 valence electrons. The maximum Gasteiger partial charge on any atom is 0.451 e. The van der Waals surface area contributed by atoms with Crippen molar-refractivity contribution in [3.8, 4) is 0 Å². The molecule has 0 aromatic heterocycles. The van der Waals surface area contributed by atoms with E-state index in [9.17, 15) is 9.90 Å². The van der Waals surface area contributed by atoms with Crippen LogP contribution in [0.25, 0.3) is 10.4 Å². The summed E-state index contributed by atoms with van der Waals surface area (Å²) in [4.78, 5) is 16.6. The summed E-state index contributed by atoms with van der Waals surface area (Å²) >= 11 is 0. The molecule has 1 rings (SSSR count). The first kappa shape index (κ1) is 28.6. The van der Waals surface area contributed by atoms with E-state index in [1.165, 1.54) is 0 Å². The Balaban J connectivity index is 2.11. The number of piperidine rings is 1. The van der Waals surface area contributed by atoms with Crippen LogP contribution in [0.1, 0.15) is 38.5 Å². The van der Waals surface area contributed by atoms with Gasteiger partial charge in [0.25, 0.3) is 0 Å². The lowest BCUT2D eigenvalue weighted by Gasteiger charge is -2.34. The van der Waals surface area contributed by atoms with E-state index in [-0.39, 0.29) is 6.32 Å². The van der Waals surface area contributed by atoms with Gasteiger partial charge in [-0.2, -0.15) is 0 Å². The number of nitrogens with one attached hydrogen (secondary N) is 1. The average Bonchev–Trinajstić information content (AvgIpc) is 2.77. The van der Waals surface area contributed by atoms with Gasteiger partial charge >= 0.3 is 13.1 Å². The van der Waals surface area contributed by atoms with E-state index < -0.39 is 18.6 Å². The molecule has 1 unspecified atom stereocenters. The summed E-state index contributed by atoms with van der Waals surface area (Å²) in [6, 6.07) is 0.418. The van der Waals surface area contributed by atoms with Crippen LogP contribution in [0, 0.1) is 0 Å². The Bertz CT molecular complexity index is 560. The number of unbranched alkanes of at least 4 members (excludes halogenated alkanes) is 1. The molecule has 1 atom stereocenters. The number of azide groups is 1. The van der Waals surface area contributed by atoms with Gasteiger partial charge in [-0.25, -0.2) is 0 Å². The highest BCUT2D eigenvalue weighted by Gasteiger charge is 2.34. The Morgan fingerprint density at radius 2 is 1.88 bits per heavy atom. The highest BCUT2D eigenvalue weighted by atomic mass is 16.5. The van der Waals surface area contributed by atoms with Crippen molar-refractivity contribution in [2.45, 2.75) is 56.4 Å². The number of nitrogens with two attached hydrogens (primary N) is 1. The summed E-state index contributed by atoms with van der Waals surface area (Å²) in [5.41, 5.74) is 13.0. The fourth-order valence-corrected chi connectivity index (χ4v) is 3.63. The zero-order valence-corrected chi connectivity index (χ0v) is 18.9. The Morgan fingerprint density at radius 3 is 2.50 bits per heavy atom. The van der Waals surface area contributed by atoms with Crippen molar-refractivity contribution in [2.24, 2.45) is 10.8 Å². The first-order valence-corrected chi connectivity index (χ1v) is 11.4.